The quantitative estimate of drug-likeness (QED) is 0.229. The number of ether oxygens (including phenoxy) is 1. The second kappa shape index (κ2) is 9.69. The van der Waals surface area contributed by atoms with Gasteiger partial charge in [0.15, 0.2) is 5.13 Å². The van der Waals surface area contributed by atoms with Crippen LogP contribution in [0.5, 0.6) is 11.5 Å². The van der Waals surface area contributed by atoms with Crippen molar-refractivity contribution < 1.29 is 31.9 Å². The van der Waals surface area contributed by atoms with Crippen molar-refractivity contribution in [2.75, 3.05) is 16.0 Å². The SMILES string of the molecule is O=C(Nc1cccc(C(F)(F)F)c1)Nc1cc(Oc2ccc3nc(NC(=O)C4CC4)sc3c2)ccc1F. The monoisotopic (exact) mass is 530 g/mol. The molecular weight excluding hydrogens is 512 g/mol. The fourth-order valence-electron chi connectivity index (χ4n) is 3.43. The topological polar surface area (TPSA) is 92.3 Å². The molecule has 1 heterocycles. The molecule has 190 valence electrons. The maximum Gasteiger partial charge on any atom is 0.416 e. The van der Waals surface area contributed by atoms with E-state index < -0.39 is 23.6 Å². The van der Waals surface area contributed by atoms with Gasteiger partial charge in [-0.05, 0) is 55.3 Å². The molecule has 0 bridgehead atoms. The lowest BCUT2D eigenvalue weighted by atomic mass is 10.2. The lowest BCUT2D eigenvalue weighted by molar-refractivity contribution is -0.137. The molecule has 0 atom stereocenters. The molecular formula is C25H18F4N4O3S. The Morgan fingerprint density at radius 3 is 2.46 bits per heavy atom. The van der Waals surface area contributed by atoms with E-state index in [1.54, 1.807) is 18.2 Å². The lowest BCUT2D eigenvalue weighted by Crippen LogP contribution is -2.20. The Morgan fingerprint density at radius 2 is 1.70 bits per heavy atom. The highest BCUT2D eigenvalue weighted by atomic mass is 32.1. The minimum atomic E-state index is -4.57. The number of amides is 3. The zero-order chi connectivity index (χ0) is 26.2. The molecule has 1 aromatic heterocycles. The van der Waals surface area contributed by atoms with Crippen LogP contribution in [0, 0.1) is 11.7 Å². The van der Waals surface area contributed by atoms with E-state index in [0.29, 0.717) is 16.4 Å². The van der Waals surface area contributed by atoms with Gasteiger partial charge in [-0.15, -0.1) is 0 Å². The van der Waals surface area contributed by atoms with Crippen molar-refractivity contribution in [3.05, 3.63) is 72.0 Å². The molecule has 0 saturated heterocycles. The Kier molecular flexibility index (Phi) is 6.42. The van der Waals surface area contributed by atoms with E-state index >= 15 is 0 Å². The van der Waals surface area contributed by atoms with Crippen LogP contribution < -0.4 is 20.7 Å². The molecule has 5 rings (SSSR count). The maximum atomic E-state index is 14.3. The minimum Gasteiger partial charge on any atom is -0.457 e. The van der Waals surface area contributed by atoms with Gasteiger partial charge in [-0.1, -0.05) is 17.4 Å². The molecule has 1 saturated carbocycles. The summed E-state index contributed by atoms with van der Waals surface area (Å²) in [7, 11) is 0. The maximum absolute atomic E-state index is 14.3. The van der Waals surface area contributed by atoms with Gasteiger partial charge in [0.1, 0.15) is 17.3 Å². The zero-order valence-corrected chi connectivity index (χ0v) is 19.7. The number of nitrogens with zero attached hydrogens (tertiary/aromatic N) is 1. The fraction of sp³-hybridized carbons (Fsp3) is 0.160. The molecule has 0 aliphatic heterocycles. The van der Waals surface area contributed by atoms with Crippen molar-refractivity contribution in [1.82, 2.24) is 4.98 Å². The van der Waals surface area contributed by atoms with E-state index in [0.717, 1.165) is 41.8 Å². The number of aromatic nitrogens is 1. The smallest absolute Gasteiger partial charge is 0.416 e. The number of fused-ring (bicyclic) bond motifs is 1. The molecule has 3 amide bonds. The molecule has 4 aromatic rings. The van der Waals surface area contributed by atoms with Crippen LogP contribution in [0.1, 0.15) is 18.4 Å². The second-order valence-corrected chi connectivity index (χ2v) is 9.34. The Labute approximate surface area is 211 Å². The zero-order valence-electron chi connectivity index (χ0n) is 18.9. The Bertz CT molecular complexity index is 1500. The number of benzene rings is 3. The number of alkyl halides is 3. The van der Waals surface area contributed by atoms with Crippen LogP contribution in [-0.2, 0) is 11.0 Å². The summed E-state index contributed by atoms with van der Waals surface area (Å²) in [5, 5.41) is 7.82. The molecule has 1 aliphatic rings. The van der Waals surface area contributed by atoms with Crippen LogP contribution in [0.15, 0.2) is 60.7 Å². The number of anilines is 3. The third-order valence-corrected chi connectivity index (χ3v) is 6.34. The third kappa shape index (κ3) is 5.97. The van der Waals surface area contributed by atoms with Gasteiger partial charge in [0.05, 0.1) is 21.5 Å². The number of hydrogen-bond donors (Lipinski definition) is 3. The first-order valence-electron chi connectivity index (χ1n) is 11.1. The Hall–Kier alpha value is -4.19. The number of hydrogen-bond acceptors (Lipinski definition) is 5. The molecule has 0 radical (unpaired) electrons. The Balaban J connectivity index is 1.26. The minimum absolute atomic E-state index is 0.0426. The number of carbonyl (C=O) groups excluding carboxylic acids is 2. The van der Waals surface area contributed by atoms with Gasteiger partial charge >= 0.3 is 12.2 Å². The average molecular weight is 531 g/mol. The largest absolute Gasteiger partial charge is 0.457 e. The van der Waals surface area contributed by atoms with Crippen molar-refractivity contribution in [1.29, 1.82) is 0 Å². The van der Waals surface area contributed by atoms with E-state index in [1.807, 2.05) is 0 Å². The van der Waals surface area contributed by atoms with E-state index in [9.17, 15) is 27.2 Å². The molecule has 3 N–H and O–H groups in total. The van der Waals surface area contributed by atoms with Crippen molar-refractivity contribution in [2.45, 2.75) is 19.0 Å². The van der Waals surface area contributed by atoms with E-state index in [-0.39, 0.29) is 28.9 Å². The Morgan fingerprint density at radius 1 is 0.946 bits per heavy atom. The van der Waals surface area contributed by atoms with Crippen molar-refractivity contribution in [3.63, 3.8) is 0 Å². The highest BCUT2D eigenvalue weighted by molar-refractivity contribution is 7.22. The van der Waals surface area contributed by atoms with Gasteiger partial charge in [0, 0.05) is 23.7 Å². The number of halogens is 4. The summed E-state index contributed by atoms with van der Waals surface area (Å²) in [6.07, 6.45) is -2.80. The fourth-order valence-corrected chi connectivity index (χ4v) is 4.33. The van der Waals surface area contributed by atoms with E-state index in [1.165, 1.54) is 29.5 Å². The summed E-state index contributed by atoms with van der Waals surface area (Å²) in [5.41, 5.74) is -0.588. The first kappa shape index (κ1) is 24.5. The lowest BCUT2D eigenvalue weighted by Gasteiger charge is -2.12. The van der Waals surface area contributed by atoms with Crippen LogP contribution in [0.3, 0.4) is 0 Å². The van der Waals surface area contributed by atoms with Crippen molar-refractivity contribution >= 4 is 50.0 Å². The van der Waals surface area contributed by atoms with Gasteiger partial charge < -0.3 is 20.7 Å². The third-order valence-electron chi connectivity index (χ3n) is 5.41. The number of rotatable bonds is 6. The van der Waals surface area contributed by atoms with Crippen LogP contribution in [0.25, 0.3) is 10.2 Å². The van der Waals surface area contributed by atoms with Gasteiger partial charge in [-0.2, -0.15) is 13.2 Å². The summed E-state index contributed by atoms with van der Waals surface area (Å²) < 4.78 is 59.5. The van der Waals surface area contributed by atoms with Gasteiger partial charge in [0.2, 0.25) is 5.91 Å². The predicted molar refractivity (Wildman–Crippen MR) is 132 cm³/mol. The molecule has 0 spiro atoms. The van der Waals surface area contributed by atoms with E-state index in [4.69, 9.17) is 4.74 Å². The van der Waals surface area contributed by atoms with Gasteiger partial charge in [-0.25, -0.2) is 14.2 Å². The number of carbonyl (C=O) groups is 2. The molecule has 12 heteroatoms. The summed E-state index contributed by atoms with van der Waals surface area (Å²) in [4.78, 5) is 28.6. The molecule has 1 fully saturated rings. The molecule has 7 nitrogen and oxygen atoms in total. The molecule has 37 heavy (non-hydrogen) atoms. The first-order valence-corrected chi connectivity index (χ1v) is 11.9. The standard InChI is InChI=1S/C25H18F4N4O3S/c26-18-8-6-16(11-20(18)31-23(35)30-15-3-1-2-14(10-15)25(27,28)29)36-17-7-9-19-21(12-17)37-24(32-19)33-22(34)13-4-5-13/h1-3,6-13H,4-5H2,(H2,30,31,35)(H,32,33,34). The van der Waals surface area contributed by atoms with Gasteiger partial charge in [-0.3, -0.25) is 4.79 Å². The van der Waals surface area contributed by atoms with Crippen LogP contribution in [0.4, 0.5) is 38.9 Å². The summed E-state index contributed by atoms with van der Waals surface area (Å²) >= 11 is 1.29. The highest BCUT2D eigenvalue weighted by Crippen LogP contribution is 2.35. The van der Waals surface area contributed by atoms with Crippen molar-refractivity contribution in [3.8, 4) is 11.5 Å². The molecule has 0 unspecified atom stereocenters. The summed E-state index contributed by atoms with van der Waals surface area (Å²) in [6, 6.07) is 11.9. The normalized spacial score (nSPS) is 13.3. The molecule has 3 aromatic carbocycles. The van der Waals surface area contributed by atoms with Crippen molar-refractivity contribution in [2.24, 2.45) is 5.92 Å². The van der Waals surface area contributed by atoms with Crippen LogP contribution >= 0.6 is 11.3 Å². The average Bonchev–Trinajstić information content (AvgIpc) is 3.61. The predicted octanol–water partition coefficient (Wildman–Crippen LogP) is 7.24. The second-order valence-electron chi connectivity index (χ2n) is 8.31. The van der Waals surface area contributed by atoms with Crippen LogP contribution in [0.2, 0.25) is 0 Å². The highest BCUT2D eigenvalue weighted by Gasteiger charge is 2.31. The summed E-state index contributed by atoms with van der Waals surface area (Å²) in [6.45, 7) is 0. The number of nitrogens with one attached hydrogen (secondary N) is 3. The van der Waals surface area contributed by atoms with Crippen LogP contribution in [-0.4, -0.2) is 16.9 Å². The molecule has 1 aliphatic carbocycles. The van der Waals surface area contributed by atoms with E-state index in [2.05, 4.69) is 20.9 Å². The number of thiazole rings is 1. The van der Waals surface area contributed by atoms with Gasteiger partial charge in [0.25, 0.3) is 0 Å². The summed E-state index contributed by atoms with van der Waals surface area (Å²) in [5.74, 6) is -0.122. The first-order chi connectivity index (χ1) is 17.6. The number of urea groups is 1.